The largest absolute Gasteiger partial charge is 0.356 e. The van der Waals surface area contributed by atoms with Crippen molar-refractivity contribution in [3.63, 3.8) is 0 Å². The minimum atomic E-state index is -0.432. The van der Waals surface area contributed by atoms with E-state index in [1.807, 2.05) is 13.0 Å². The summed E-state index contributed by atoms with van der Waals surface area (Å²) in [6.45, 7) is 7.91. The molecule has 5 rings (SSSR count). The lowest BCUT2D eigenvalue weighted by molar-refractivity contribution is -0.169. The summed E-state index contributed by atoms with van der Waals surface area (Å²) in [6.07, 6.45) is 3.27. The topological polar surface area (TPSA) is 80.1 Å². The van der Waals surface area contributed by atoms with E-state index in [9.17, 15) is 5.26 Å². The molecule has 156 valence electrons. The van der Waals surface area contributed by atoms with Crippen LogP contribution < -0.4 is 9.80 Å². The average Bonchev–Trinajstić information content (AvgIpc) is 3.39. The van der Waals surface area contributed by atoms with E-state index in [0.717, 1.165) is 69.1 Å². The second-order valence-electron chi connectivity index (χ2n) is 8.30. The zero-order chi connectivity index (χ0) is 19.9. The number of aryl methyl sites for hydroxylation is 1. The van der Waals surface area contributed by atoms with Gasteiger partial charge in [-0.3, -0.25) is 0 Å². The van der Waals surface area contributed by atoms with Crippen LogP contribution in [-0.4, -0.2) is 69.2 Å². The van der Waals surface area contributed by atoms with Crippen molar-refractivity contribution in [1.82, 2.24) is 4.98 Å². The molecule has 4 aliphatic rings. The molecule has 0 N–H and O–H groups in total. The third-order valence-electron chi connectivity index (χ3n) is 6.60. The zero-order valence-electron chi connectivity index (χ0n) is 17.0. The Morgan fingerprint density at radius 1 is 0.862 bits per heavy atom. The molecule has 5 heterocycles. The Bertz CT molecular complexity index is 792. The van der Waals surface area contributed by atoms with Crippen molar-refractivity contribution in [2.45, 2.75) is 44.2 Å². The number of hydrogen-bond acceptors (Lipinski definition) is 8. The van der Waals surface area contributed by atoms with E-state index in [1.54, 1.807) is 0 Å². The van der Waals surface area contributed by atoms with Crippen molar-refractivity contribution in [3.05, 3.63) is 17.2 Å². The second-order valence-corrected chi connectivity index (χ2v) is 8.30. The number of aromatic nitrogens is 1. The van der Waals surface area contributed by atoms with Crippen molar-refractivity contribution in [1.29, 1.82) is 5.26 Å². The third kappa shape index (κ3) is 3.46. The molecule has 29 heavy (non-hydrogen) atoms. The van der Waals surface area contributed by atoms with Crippen LogP contribution in [0.1, 0.15) is 36.8 Å². The molecule has 0 aromatic carbocycles. The lowest BCUT2D eigenvalue weighted by atomic mass is 10.0. The Balaban J connectivity index is 1.35. The van der Waals surface area contributed by atoms with Gasteiger partial charge in [0, 0.05) is 51.9 Å². The first-order valence-corrected chi connectivity index (χ1v) is 10.6. The van der Waals surface area contributed by atoms with E-state index >= 15 is 0 Å². The van der Waals surface area contributed by atoms with Gasteiger partial charge < -0.3 is 28.7 Å². The van der Waals surface area contributed by atoms with Crippen LogP contribution in [-0.2, 0) is 18.9 Å². The first kappa shape index (κ1) is 19.1. The molecule has 1 aromatic heterocycles. The number of anilines is 2. The van der Waals surface area contributed by atoms with E-state index in [-0.39, 0.29) is 0 Å². The predicted molar refractivity (Wildman–Crippen MR) is 106 cm³/mol. The second kappa shape index (κ2) is 7.40. The quantitative estimate of drug-likeness (QED) is 0.745. The van der Waals surface area contributed by atoms with Crippen LogP contribution >= 0.6 is 0 Å². The fourth-order valence-corrected chi connectivity index (χ4v) is 4.87. The average molecular weight is 400 g/mol. The summed E-state index contributed by atoms with van der Waals surface area (Å²) in [5.74, 6) is 0.879. The highest BCUT2D eigenvalue weighted by molar-refractivity contribution is 5.63. The van der Waals surface area contributed by atoms with E-state index in [2.05, 4.69) is 15.9 Å². The monoisotopic (exact) mass is 400 g/mol. The van der Waals surface area contributed by atoms with E-state index in [0.29, 0.717) is 32.0 Å². The van der Waals surface area contributed by atoms with Crippen LogP contribution in [0, 0.1) is 18.3 Å². The highest BCUT2D eigenvalue weighted by atomic mass is 16.7. The minimum absolute atomic E-state index is 0.399. The molecule has 0 aliphatic carbocycles. The van der Waals surface area contributed by atoms with Gasteiger partial charge in [-0.15, -0.1) is 0 Å². The molecule has 4 aliphatic heterocycles. The lowest BCUT2D eigenvalue weighted by Crippen LogP contribution is -2.46. The summed E-state index contributed by atoms with van der Waals surface area (Å²) in [5, 5.41) is 9.76. The fourth-order valence-electron chi connectivity index (χ4n) is 4.87. The Labute approximate surface area is 171 Å². The number of piperidine rings is 2. The Morgan fingerprint density at radius 3 is 1.83 bits per heavy atom. The summed E-state index contributed by atoms with van der Waals surface area (Å²) in [4.78, 5) is 9.44. The van der Waals surface area contributed by atoms with E-state index in [4.69, 9.17) is 23.9 Å². The molecule has 0 saturated carbocycles. The van der Waals surface area contributed by atoms with Gasteiger partial charge in [0.1, 0.15) is 17.7 Å². The van der Waals surface area contributed by atoms with Crippen LogP contribution in [0.4, 0.5) is 11.6 Å². The SMILES string of the molecule is Cc1cc(N2CCC3(CC2)OCCO3)nc(N2CCC3(CC2)OCCO3)c1C#N. The molecule has 0 atom stereocenters. The molecule has 0 radical (unpaired) electrons. The van der Waals surface area contributed by atoms with Crippen molar-refractivity contribution < 1.29 is 18.9 Å². The fraction of sp³-hybridized carbons (Fsp3) is 0.714. The lowest BCUT2D eigenvalue weighted by Gasteiger charge is -2.40. The van der Waals surface area contributed by atoms with Gasteiger partial charge in [-0.1, -0.05) is 0 Å². The van der Waals surface area contributed by atoms with Gasteiger partial charge >= 0.3 is 0 Å². The minimum Gasteiger partial charge on any atom is -0.356 e. The molecule has 0 amide bonds. The summed E-state index contributed by atoms with van der Waals surface area (Å²) < 4.78 is 23.4. The number of nitriles is 1. The number of nitrogens with zero attached hydrogens (tertiary/aromatic N) is 4. The van der Waals surface area contributed by atoms with Crippen molar-refractivity contribution in [3.8, 4) is 6.07 Å². The van der Waals surface area contributed by atoms with Crippen LogP contribution in [0.3, 0.4) is 0 Å². The van der Waals surface area contributed by atoms with Gasteiger partial charge in [-0.05, 0) is 18.6 Å². The molecule has 4 fully saturated rings. The molecule has 2 spiro atoms. The van der Waals surface area contributed by atoms with Crippen LogP contribution in [0.5, 0.6) is 0 Å². The third-order valence-corrected chi connectivity index (χ3v) is 6.60. The number of rotatable bonds is 2. The number of hydrogen-bond donors (Lipinski definition) is 0. The number of ether oxygens (including phenoxy) is 4. The maximum Gasteiger partial charge on any atom is 0.171 e. The molecule has 8 nitrogen and oxygen atoms in total. The van der Waals surface area contributed by atoms with Crippen molar-refractivity contribution in [2.75, 3.05) is 62.4 Å². The Kier molecular flexibility index (Phi) is 4.87. The normalized spacial score (nSPS) is 25.7. The molecular weight excluding hydrogens is 372 g/mol. The van der Waals surface area contributed by atoms with Crippen molar-refractivity contribution in [2.24, 2.45) is 0 Å². The molecule has 8 heteroatoms. The van der Waals surface area contributed by atoms with Crippen molar-refractivity contribution >= 4 is 11.6 Å². The summed E-state index contributed by atoms with van der Waals surface area (Å²) in [7, 11) is 0. The molecular formula is C21H28N4O4. The summed E-state index contributed by atoms with van der Waals surface area (Å²) in [6, 6.07) is 4.40. The predicted octanol–water partition coefficient (Wildman–Crippen LogP) is 1.95. The summed E-state index contributed by atoms with van der Waals surface area (Å²) in [5.41, 5.74) is 1.63. The van der Waals surface area contributed by atoms with Gasteiger partial charge in [0.25, 0.3) is 0 Å². The molecule has 1 aromatic rings. The Morgan fingerprint density at radius 2 is 1.34 bits per heavy atom. The van der Waals surface area contributed by atoms with E-state index in [1.165, 1.54) is 0 Å². The molecule has 4 saturated heterocycles. The van der Waals surface area contributed by atoms with Crippen LogP contribution in [0.2, 0.25) is 0 Å². The zero-order valence-corrected chi connectivity index (χ0v) is 17.0. The standard InChI is InChI=1S/C21H28N4O4/c1-16-14-18(24-6-2-20(3-7-24)26-10-11-27-20)23-19(17(16)15-22)25-8-4-21(5-9-25)28-12-13-29-21/h14H,2-13H2,1H3. The smallest absolute Gasteiger partial charge is 0.171 e. The Hall–Kier alpha value is -1.92. The van der Waals surface area contributed by atoms with Gasteiger partial charge in [0.2, 0.25) is 0 Å². The maximum absolute atomic E-state index is 9.76. The molecule has 0 unspecified atom stereocenters. The van der Waals surface area contributed by atoms with Gasteiger partial charge in [0.05, 0.1) is 32.0 Å². The van der Waals surface area contributed by atoms with Crippen LogP contribution in [0.25, 0.3) is 0 Å². The van der Waals surface area contributed by atoms with Gasteiger partial charge in [0.15, 0.2) is 11.6 Å². The maximum atomic E-state index is 9.76. The number of pyridine rings is 1. The van der Waals surface area contributed by atoms with Gasteiger partial charge in [-0.25, -0.2) is 4.98 Å². The molecule has 0 bridgehead atoms. The van der Waals surface area contributed by atoms with Crippen LogP contribution in [0.15, 0.2) is 6.07 Å². The van der Waals surface area contributed by atoms with Gasteiger partial charge in [-0.2, -0.15) is 5.26 Å². The first-order chi connectivity index (χ1) is 14.1. The highest BCUT2D eigenvalue weighted by Crippen LogP contribution is 2.37. The first-order valence-electron chi connectivity index (χ1n) is 10.6. The highest BCUT2D eigenvalue weighted by Gasteiger charge is 2.42. The summed E-state index contributed by atoms with van der Waals surface area (Å²) >= 11 is 0. The van der Waals surface area contributed by atoms with E-state index < -0.39 is 11.6 Å².